The minimum Gasteiger partial charge on any atom is -0.393 e. The molecule has 0 saturated carbocycles. The standard InChI is InChI=1S/C16H28N4O/c1-5-8-17-15-11(3)16(19-14(6-2)18-15)20-9-7-13(10-20)12(4)21/h12-13,21H,5-10H2,1-4H3,(H,17,18,19). The minimum absolute atomic E-state index is 0.250. The highest BCUT2D eigenvalue weighted by Gasteiger charge is 2.28. The van der Waals surface area contributed by atoms with Crippen molar-refractivity contribution in [1.82, 2.24) is 9.97 Å². The topological polar surface area (TPSA) is 61.3 Å². The van der Waals surface area contributed by atoms with Crippen LogP contribution in [-0.4, -0.2) is 40.8 Å². The smallest absolute Gasteiger partial charge is 0.137 e. The Morgan fingerprint density at radius 1 is 1.38 bits per heavy atom. The summed E-state index contributed by atoms with van der Waals surface area (Å²) in [7, 11) is 0. The second-order valence-electron chi connectivity index (χ2n) is 5.95. The van der Waals surface area contributed by atoms with Crippen molar-refractivity contribution in [2.24, 2.45) is 5.92 Å². The van der Waals surface area contributed by atoms with Gasteiger partial charge in [-0.3, -0.25) is 0 Å². The average Bonchev–Trinajstić information content (AvgIpc) is 2.96. The molecule has 2 N–H and O–H groups in total. The van der Waals surface area contributed by atoms with Gasteiger partial charge in [0.15, 0.2) is 0 Å². The zero-order chi connectivity index (χ0) is 15.4. The largest absolute Gasteiger partial charge is 0.393 e. The lowest BCUT2D eigenvalue weighted by Crippen LogP contribution is -2.26. The third-order valence-electron chi connectivity index (χ3n) is 4.23. The molecule has 0 amide bonds. The average molecular weight is 292 g/mol. The first kappa shape index (κ1) is 16.0. The maximum Gasteiger partial charge on any atom is 0.137 e. The molecule has 118 valence electrons. The van der Waals surface area contributed by atoms with Gasteiger partial charge in [0.1, 0.15) is 17.5 Å². The fraction of sp³-hybridized carbons (Fsp3) is 0.750. The molecule has 0 aromatic carbocycles. The Labute approximate surface area is 127 Å². The third-order valence-corrected chi connectivity index (χ3v) is 4.23. The van der Waals surface area contributed by atoms with E-state index in [-0.39, 0.29) is 6.10 Å². The van der Waals surface area contributed by atoms with Crippen LogP contribution in [0.15, 0.2) is 0 Å². The molecular weight excluding hydrogens is 264 g/mol. The second-order valence-corrected chi connectivity index (χ2v) is 5.95. The number of nitrogens with zero attached hydrogens (tertiary/aromatic N) is 3. The molecule has 0 radical (unpaired) electrons. The van der Waals surface area contributed by atoms with E-state index in [1.165, 1.54) is 0 Å². The molecule has 0 bridgehead atoms. The van der Waals surface area contributed by atoms with E-state index in [0.29, 0.717) is 5.92 Å². The summed E-state index contributed by atoms with van der Waals surface area (Å²) in [5, 5.41) is 13.2. The fourth-order valence-electron chi connectivity index (χ4n) is 2.80. The highest BCUT2D eigenvalue weighted by molar-refractivity contribution is 5.59. The van der Waals surface area contributed by atoms with E-state index in [2.05, 4.69) is 36.0 Å². The Morgan fingerprint density at radius 2 is 2.14 bits per heavy atom. The summed E-state index contributed by atoms with van der Waals surface area (Å²) in [6.07, 6.45) is 2.69. The molecule has 0 aliphatic carbocycles. The lowest BCUT2D eigenvalue weighted by Gasteiger charge is -2.22. The number of nitrogens with one attached hydrogen (secondary N) is 1. The van der Waals surface area contributed by atoms with Crippen LogP contribution in [0.4, 0.5) is 11.6 Å². The summed E-state index contributed by atoms with van der Waals surface area (Å²) in [4.78, 5) is 11.6. The van der Waals surface area contributed by atoms with Crippen molar-refractivity contribution >= 4 is 11.6 Å². The van der Waals surface area contributed by atoms with Gasteiger partial charge < -0.3 is 15.3 Å². The Hall–Kier alpha value is -1.36. The molecule has 2 rings (SSSR count). The van der Waals surface area contributed by atoms with Gasteiger partial charge in [-0.1, -0.05) is 13.8 Å². The van der Waals surface area contributed by atoms with E-state index in [1.54, 1.807) is 0 Å². The van der Waals surface area contributed by atoms with Gasteiger partial charge in [0.2, 0.25) is 0 Å². The maximum absolute atomic E-state index is 9.79. The zero-order valence-electron chi connectivity index (χ0n) is 13.7. The first-order valence-corrected chi connectivity index (χ1v) is 8.11. The highest BCUT2D eigenvalue weighted by Crippen LogP contribution is 2.29. The van der Waals surface area contributed by atoms with Crippen molar-refractivity contribution < 1.29 is 5.11 Å². The molecule has 1 aromatic rings. The molecule has 2 heterocycles. The van der Waals surface area contributed by atoms with Crippen LogP contribution in [0.5, 0.6) is 0 Å². The van der Waals surface area contributed by atoms with Crippen molar-refractivity contribution in [2.45, 2.75) is 53.1 Å². The van der Waals surface area contributed by atoms with Gasteiger partial charge in [-0.05, 0) is 26.7 Å². The van der Waals surface area contributed by atoms with Crippen molar-refractivity contribution in [3.63, 3.8) is 0 Å². The summed E-state index contributed by atoms with van der Waals surface area (Å²) >= 11 is 0. The molecule has 5 heteroatoms. The molecule has 1 aliphatic rings. The van der Waals surface area contributed by atoms with E-state index in [4.69, 9.17) is 4.98 Å². The molecule has 0 spiro atoms. The van der Waals surface area contributed by atoms with Crippen LogP contribution in [0.2, 0.25) is 0 Å². The Kier molecular flexibility index (Phi) is 5.39. The quantitative estimate of drug-likeness (QED) is 0.843. The molecule has 1 saturated heterocycles. The Bertz CT molecular complexity index is 476. The van der Waals surface area contributed by atoms with Crippen LogP contribution in [0.3, 0.4) is 0 Å². The van der Waals surface area contributed by atoms with E-state index < -0.39 is 0 Å². The van der Waals surface area contributed by atoms with Crippen molar-refractivity contribution in [3.05, 3.63) is 11.4 Å². The molecule has 2 atom stereocenters. The molecule has 2 unspecified atom stereocenters. The second kappa shape index (κ2) is 7.07. The fourth-order valence-corrected chi connectivity index (χ4v) is 2.80. The van der Waals surface area contributed by atoms with Crippen molar-refractivity contribution in [2.75, 3.05) is 29.9 Å². The number of hydrogen-bond donors (Lipinski definition) is 2. The molecular formula is C16H28N4O. The van der Waals surface area contributed by atoms with Crippen LogP contribution in [-0.2, 0) is 6.42 Å². The monoisotopic (exact) mass is 292 g/mol. The maximum atomic E-state index is 9.79. The molecule has 1 aliphatic heterocycles. The predicted octanol–water partition coefficient (Wildman–Crippen LogP) is 2.38. The van der Waals surface area contributed by atoms with Gasteiger partial charge in [-0.25, -0.2) is 9.97 Å². The molecule has 1 aromatic heterocycles. The van der Waals surface area contributed by atoms with Crippen LogP contribution < -0.4 is 10.2 Å². The number of aliphatic hydroxyl groups is 1. The molecule has 5 nitrogen and oxygen atoms in total. The van der Waals surface area contributed by atoms with Gasteiger partial charge in [-0.15, -0.1) is 0 Å². The van der Waals surface area contributed by atoms with Gasteiger partial charge >= 0.3 is 0 Å². The van der Waals surface area contributed by atoms with Crippen molar-refractivity contribution in [1.29, 1.82) is 0 Å². The summed E-state index contributed by atoms with van der Waals surface area (Å²) in [5.41, 5.74) is 1.12. The van der Waals surface area contributed by atoms with E-state index in [9.17, 15) is 5.11 Å². The number of anilines is 2. The van der Waals surface area contributed by atoms with Gasteiger partial charge in [0, 0.05) is 37.5 Å². The highest BCUT2D eigenvalue weighted by atomic mass is 16.3. The molecule has 1 fully saturated rings. The number of hydrogen-bond acceptors (Lipinski definition) is 5. The number of rotatable bonds is 6. The number of aromatic nitrogens is 2. The first-order chi connectivity index (χ1) is 10.1. The Morgan fingerprint density at radius 3 is 2.71 bits per heavy atom. The van der Waals surface area contributed by atoms with E-state index >= 15 is 0 Å². The van der Waals surface area contributed by atoms with Crippen LogP contribution >= 0.6 is 0 Å². The zero-order valence-corrected chi connectivity index (χ0v) is 13.7. The third kappa shape index (κ3) is 3.64. The van der Waals surface area contributed by atoms with E-state index in [1.807, 2.05) is 6.92 Å². The first-order valence-electron chi connectivity index (χ1n) is 8.11. The number of aryl methyl sites for hydroxylation is 1. The lowest BCUT2D eigenvalue weighted by molar-refractivity contribution is 0.136. The van der Waals surface area contributed by atoms with Crippen LogP contribution in [0.1, 0.15) is 45.0 Å². The van der Waals surface area contributed by atoms with Crippen molar-refractivity contribution in [3.8, 4) is 0 Å². The van der Waals surface area contributed by atoms with Gasteiger partial charge in [-0.2, -0.15) is 0 Å². The van der Waals surface area contributed by atoms with Crippen LogP contribution in [0, 0.1) is 12.8 Å². The van der Waals surface area contributed by atoms with Gasteiger partial charge in [0.05, 0.1) is 6.10 Å². The van der Waals surface area contributed by atoms with Gasteiger partial charge in [0.25, 0.3) is 0 Å². The summed E-state index contributed by atoms with van der Waals surface area (Å²) < 4.78 is 0. The summed E-state index contributed by atoms with van der Waals surface area (Å²) in [6.45, 7) is 11.0. The predicted molar refractivity (Wildman–Crippen MR) is 86.9 cm³/mol. The summed E-state index contributed by atoms with van der Waals surface area (Å²) in [6, 6.07) is 0. The lowest BCUT2D eigenvalue weighted by atomic mass is 10.0. The SMILES string of the molecule is CCCNc1nc(CC)nc(N2CCC(C(C)O)C2)c1C. The Balaban J connectivity index is 2.26. The van der Waals surface area contributed by atoms with E-state index in [0.717, 1.165) is 61.9 Å². The van der Waals surface area contributed by atoms with Crippen LogP contribution in [0.25, 0.3) is 0 Å². The normalized spacial score (nSPS) is 19.9. The molecule has 21 heavy (non-hydrogen) atoms. The minimum atomic E-state index is -0.250. The number of aliphatic hydroxyl groups excluding tert-OH is 1. The summed E-state index contributed by atoms with van der Waals surface area (Å²) in [5.74, 6) is 3.22.